The van der Waals surface area contributed by atoms with Crippen LogP contribution in [-0.4, -0.2) is 56.6 Å². The molecule has 1 unspecified atom stereocenters. The number of nitrogens with one attached hydrogen (secondary N) is 1. The Kier molecular flexibility index (Phi) is 6.52. The topological polar surface area (TPSA) is 37.1 Å². The molecule has 3 rings (SSSR count). The summed E-state index contributed by atoms with van der Waals surface area (Å²) in [6.45, 7) is 7.76. The van der Waals surface area contributed by atoms with Gasteiger partial charge in [-0.1, -0.05) is 37.0 Å². The SMILES string of the molecule is Cc1ccc(N2CC[NH+](CC(O)COC3CCCCC3)CC2)cc1. The number of aryl methyl sites for hydroxylation is 1. The van der Waals surface area contributed by atoms with E-state index >= 15 is 0 Å². The van der Waals surface area contributed by atoms with E-state index in [9.17, 15) is 5.11 Å². The van der Waals surface area contributed by atoms with E-state index in [2.05, 4.69) is 36.1 Å². The lowest BCUT2D eigenvalue weighted by atomic mass is 9.98. The molecule has 1 aromatic carbocycles. The van der Waals surface area contributed by atoms with Crippen LogP contribution < -0.4 is 9.80 Å². The molecule has 134 valence electrons. The highest BCUT2D eigenvalue weighted by Crippen LogP contribution is 2.20. The van der Waals surface area contributed by atoms with Crippen molar-refractivity contribution < 1.29 is 14.7 Å². The molecule has 0 radical (unpaired) electrons. The van der Waals surface area contributed by atoms with Crippen LogP contribution in [0.25, 0.3) is 0 Å². The molecule has 1 aliphatic carbocycles. The maximum Gasteiger partial charge on any atom is 0.126 e. The zero-order valence-electron chi connectivity index (χ0n) is 15.0. The number of quaternary nitrogens is 1. The minimum atomic E-state index is -0.326. The van der Waals surface area contributed by atoms with Crippen LogP contribution in [0.1, 0.15) is 37.7 Å². The van der Waals surface area contributed by atoms with Crippen LogP contribution in [-0.2, 0) is 4.74 Å². The van der Waals surface area contributed by atoms with Gasteiger partial charge in [0.25, 0.3) is 0 Å². The molecule has 0 bridgehead atoms. The Balaban J connectivity index is 1.36. The summed E-state index contributed by atoms with van der Waals surface area (Å²) in [4.78, 5) is 3.95. The molecule has 4 heteroatoms. The molecule has 0 amide bonds. The lowest BCUT2D eigenvalue weighted by Crippen LogP contribution is -3.16. The van der Waals surface area contributed by atoms with Gasteiger partial charge in [0.2, 0.25) is 0 Å². The van der Waals surface area contributed by atoms with Gasteiger partial charge in [0.05, 0.1) is 38.9 Å². The predicted octanol–water partition coefficient (Wildman–Crippen LogP) is 1.41. The predicted molar refractivity (Wildman–Crippen MR) is 97.8 cm³/mol. The number of anilines is 1. The van der Waals surface area contributed by atoms with Crippen molar-refractivity contribution in [3.05, 3.63) is 29.8 Å². The molecule has 2 fully saturated rings. The smallest absolute Gasteiger partial charge is 0.126 e. The van der Waals surface area contributed by atoms with Gasteiger partial charge >= 0.3 is 0 Å². The Morgan fingerprint density at radius 3 is 2.46 bits per heavy atom. The fourth-order valence-corrected chi connectivity index (χ4v) is 3.91. The zero-order chi connectivity index (χ0) is 16.8. The minimum absolute atomic E-state index is 0.326. The number of ether oxygens (including phenoxy) is 1. The second kappa shape index (κ2) is 8.84. The number of benzene rings is 1. The summed E-state index contributed by atoms with van der Waals surface area (Å²) < 4.78 is 5.91. The number of rotatable bonds is 6. The van der Waals surface area contributed by atoms with Crippen LogP contribution in [0.2, 0.25) is 0 Å². The third kappa shape index (κ3) is 5.20. The van der Waals surface area contributed by atoms with Gasteiger partial charge in [0.1, 0.15) is 12.6 Å². The molecule has 1 saturated heterocycles. The van der Waals surface area contributed by atoms with Crippen molar-refractivity contribution in [1.82, 2.24) is 0 Å². The summed E-state index contributed by atoms with van der Waals surface area (Å²) in [5.41, 5.74) is 2.63. The highest BCUT2D eigenvalue weighted by molar-refractivity contribution is 5.47. The van der Waals surface area contributed by atoms with E-state index in [1.165, 1.54) is 48.3 Å². The second-order valence-corrected chi connectivity index (χ2v) is 7.52. The Labute approximate surface area is 146 Å². The van der Waals surface area contributed by atoms with Crippen molar-refractivity contribution in [1.29, 1.82) is 0 Å². The van der Waals surface area contributed by atoms with E-state index in [-0.39, 0.29) is 6.10 Å². The van der Waals surface area contributed by atoms with Crippen LogP contribution in [0.3, 0.4) is 0 Å². The van der Waals surface area contributed by atoms with Crippen LogP contribution in [0.4, 0.5) is 5.69 Å². The van der Waals surface area contributed by atoms with Crippen molar-refractivity contribution in [2.75, 3.05) is 44.2 Å². The third-order valence-corrected chi connectivity index (χ3v) is 5.47. The summed E-state index contributed by atoms with van der Waals surface area (Å²) in [5.74, 6) is 0. The van der Waals surface area contributed by atoms with Gasteiger partial charge in [-0.3, -0.25) is 0 Å². The number of hydrogen-bond donors (Lipinski definition) is 2. The van der Waals surface area contributed by atoms with Crippen LogP contribution in [0.5, 0.6) is 0 Å². The first-order valence-corrected chi connectivity index (χ1v) is 9.65. The van der Waals surface area contributed by atoms with E-state index in [1.54, 1.807) is 0 Å². The van der Waals surface area contributed by atoms with Gasteiger partial charge < -0.3 is 19.6 Å². The molecule has 0 aromatic heterocycles. The highest BCUT2D eigenvalue weighted by atomic mass is 16.5. The quantitative estimate of drug-likeness (QED) is 0.827. The average Bonchev–Trinajstić information content (AvgIpc) is 2.62. The maximum atomic E-state index is 10.3. The lowest BCUT2D eigenvalue weighted by Gasteiger charge is -2.34. The van der Waals surface area contributed by atoms with E-state index in [1.807, 2.05) is 0 Å². The molecule has 1 aromatic rings. The molecule has 1 saturated carbocycles. The van der Waals surface area contributed by atoms with Crippen LogP contribution in [0, 0.1) is 6.92 Å². The molecule has 1 heterocycles. The van der Waals surface area contributed by atoms with E-state index < -0.39 is 0 Å². The molecule has 24 heavy (non-hydrogen) atoms. The Bertz CT molecular complexity index is 477. The Morgan fingerprint density at radius 1 is 1.12 bits per heavy atom. The van der Waals surface area contributed by atoms with Gasteiger partial charge in [-0.25, -0.2) is 0 Å². The first kappa shape index (κ1) is 17.7. The van der Waals surface area contributed by atoms with E-state index in [0.717, 1.165) is 32.7 Å². The average molecular weight is 333 g/mol. The lowest BCUT2D eigenvalue weighted by molar-refractivity contribution is -0.903. The second-order valence-electron chi connectivity index (χ2n) is 7.52. The summed E-state index contributed by atoms with van der Waals surface area (Å²) in [5, 5.41) is 10.3. The molecule has 1 atom stereocenters. The van der Waals surface area contributed by atoms with Crippen LogP contribution in [0.15, 0.2) is 24.3 Å². The molecule has 2 aliphatic rings. The van der Waals surface area contributed by atoms with Gasteiger partial charge in [0, 0.05) is 5.69 Å². The Hall–Kier alpha value is -1.10. The fourth-order valence-electron chi connectivity index (χ4n) is 3.91. The molecule has 1 aliphatic heterocycles. The number of nitrogens with zero attached hydrogens (tertiary/aromatic N) is 1. The maximum absolute atomic E-state index is 10.3. The Morgan fingerprint density at radius 2 is 1.79 bits per heavy atom. The summed E-state index contributed by atoms with van der Waals surface area (Å²) in [7, 11) is 0. The summed E-state index contributed by atoms with van der Waals surface area (Å²) >= 11 is 0. The molecule has 4 nitrogen and oxygen atoms in total. The van der Waals surface area contributed by atoms with E-state index in [0.29, 0.717) is 12.7 Å². The molecular formula is C20H33N2O2+. The normalized spacial score (nSPS) is 21.8. The molecular weight excluding hydrogens is 300 g/mol. The van der Waals surface area contributed by atoms with Gasteiger partial charge in [-0.05, 0) is 31.9 Å². The van der Waals surface area contributed by atoms with Crippen molar-refractivity contribution in [2.45, 2.75) is 51.2 Å². The number of hydrogen-bond acceptors (Lipinski definition) is 3. The number of aliphatic hydroxyl groups is 1. The van der Waals surface area contributed by atoms with Gasteiger partial charge in [0.15, 0.2) is 0 Å². The van der Waals surface area contributed by atoms with Crippen molar-refractivity contribution in [2.24, 2.45) is 0 Å². The van der Waals surface area contributed by atoms with Gasteiger partial charge in [-0.2, -0.15) is 0 Å². The monoisotopic (exact) mass is 333 g/mol. The van der Waals surface area contributed by atoms with E-state index in [4.69, 9.17) is 4.74 Å². The third-order valence-electron chi connectivity index (χ3n) is 5.47. The minimum Gasteiger partial charge on any atom is -0.385 e. The van der Waals surface area contributed by atoms with Gasteiger partial charge in [-0.15, -0.1) is 0 Å². The molecule has 0 spiro atoms. The largest absolute Gasteiger partial charge is 0.385 e. The first-order chi connectivity index (χ1) is 11.7. The number of piperazine rings is 1. The summed E-state index contributed by atoms with van der Waals surface area (Å²) in [6, 6.07) is 8.79. The van der Waals surface area contributed by atoms with Crippen molar-refractivity contribution in [3.63, 3.8) is 0 Å². The zero-order valence-corrected chi connectivity index (χ0v) is 15.0. The fraction of sp³-hybridized carbons (Fsp3) is 0.700. The standard InChI is InChI=1S/C20H32N2O2/c1-17-7-9-18(10-8-17)22-13-11-21(12-14-22)15-19(23)16-24-20-5-3-2-4-6-20/h7-10,19-20,23H,2-6,11-16H2,1H3/p+1. The number of aliphatic hydroxyl groups excluding tert-OH is 1. The van der Waals surface area contributed by atoms with Crippen molar-refractivity contribution in [3.8, 4) is 0 Å². The first-order valence-electron chi connectivity index (χ1n) is 9.65. The van der Waals surface area contributed by atoms with Crippen molar-refractivity contribution >= 4 is 5.69 Å². The molecule has 2 N–H and O–H groups in total. The summed E-state index contributed by atoms with van der Waals surface area (Å²) in [6.07, 6.45) is 6.33. The highest BCUT2D eigenvalue weighted by Gasteiger charge is 2.23. The van der Waals surface area contributed by atoms with Crippen LogP contribution >= 0.6 is 0 Å².